The molecular weight excluding hydrogens is 265 g/mol. The number of nitrogens with zero attached hydrogens (tertiary/aromatic N) is 1. The Labute approximate surface area is 118 Å². The lowest BCUT2D eigenvalue weighted by atomic mass is 9.97. The molecule has 2 rings (SSSR count). The minimum atomic E-state index is -1.40. The summed E-state index contributed by atoms with van der Waals surface area (Å²) in [7, 11) is 0. The molecule has 0 bridgehead atoms. The Morgan fingerprint density at radius 2 is 1.90 bits per heavy atom. The summed E-state index contributed by atoms with van der Waals surface area (Å²) in [6, 6.07) is 2.77. The van der Waals surface area contributed by atoms with Crippen LogP contribution in [-0.2, 0) is 0 Å². The first-order valence-corrected chi connectivity index (χ1v) is 7.17. The number of piperidine rings is 1. The summed E-state index contributed by atoms with van der Waals surface area (Å²) in [5, 5.41) is 3.47. The number of halogens is 3. The van der Waals surface area contributed by atoms with Crippen molar-refractivity contribution < 1.29 is 13.2 Å². The number of anilines is 1. The summed E-state index contributed by atoms with van der Waals surface area (Å²) in [5.41, 5.74) is 0.419. The summed E-state index contributed by atoms with van der Waals surface area (Å²) in [6.07, 6.45) is 2.93. The van der Waals surface area contributed by atoms with E-state index in [0.717, 1.165) is 37.9 Å². The topological polar surface area (TPSA) is 15.3 Å². The third-order valence-corrected chi connectivity index (χ3v) is 3.86. The molecule has 2 nitrogen and oxygen atoms in total. The summed E-state index contributed by atoms with van der Waals surface area (Å²) in [5.74, 6) is -3.65. The lowest BCUT2D eigenvalue weighted by Crippen LogP contribution is -2.47. The predicted octanol–water partition coefficient (Wildman–Crippen LogP) is 3.46. The quantitative estimate of drug-likeness (QED) is 0.853. The van der Waals surface area contributed by atoms with Crippen molar-refractivity contribution in [3.63, 3.8) is 0 Å². The van der Waals surface area contributed by atoms with Gasteiger partial charge in [-0.1, -0.05) is 6.92 Å². The largest absolute Gasteiger partial charge is 0.369 e. The van der Waals surface area contributed by atoms with E-state index in [4.69, 9.17) is 0 Å². The van der Waals surface area contributed by atoms with Gasteiger partial charge in [-0.05, 0) is 32.7 Å². The highest BCUT2D eigenvalue weighted by Gasteiger charge is 2.26. The maximum Gasteiger partial charge on any atom is 0.194 e. The summed E-state index contributed by atoms with van der Waals surface area (Å²) in [4.78, 5) is 1.94. The fraction of sp³-hybridized carbons (Fsp3) is 0.600. The Morgan fingerprint density at radius 1 is 1.25 bits per heavy atom. The van der Waals surface area contributed by atoms with Crippen LogP contribution in [0.3, 0.4) is 0 Å². The van der Waals surface area contributed by atoms with Crippen LogP contribution in [0, 0.1) is 17.5 Å². The van der Waals surface area contributed by atoms with E-state index in [1.54, 1.807) is 0 Å². The molecule has 1 aliphatic rings. The molecule has 0 aliphatic carbocycles. The second-order valence-corrected chi connectivity index (χ2v) is 5.44. The second-order valence-electron chi connectivity index (χ2n) is 5.44. The Balaban J connectivity index is 2.07. The Hall–Kier alpha value is -1.23. The molecule has 2 atom stereocenters. The normalized spacial score (nSPS) is 23.1. The van der Waals surface area contributed by atoms with Gasteiger partial charge in [-0.15, -0.1) is 0 Å². The molecule has 5 heteroatoms. The number of nitrogens with one attached hydrogen (secondary N) is 1. The van der Waals surface area contributed by atoms with Crippen LogP contribution in [0.2, 0.25) is 0 Å². The third-order valence-electron chi connectivity index (χ3n) is 3.86. The monoisotopic (exact) mass is 286 g/mol. The van der Waals surface area contributed by atoms with Crippen molar-refractivity contribution in [3.8, 4) is 0 Å². The zero-order valence-corrected chi connectivity index (χ0v) is 11.9. The number of benzene rings is 1. The van der Waals surface area contributed by atoms with Gasteiger partial charge >= 0.3 is 0 Å². The lowest BCUT2D eigenvalue weighted by molar-refractivity contribution is 0.367. The third kappa shape index (κ3) is 3.26. The van der Waals surface area contributed by atoms with E-state index in [1.807, 2.05) is 11.8 Å². The van der Waals surface area contributed by atoms with Crippen LogP contribution in [0.25, 0.3) is 0 Å². The van der Waals surface area contributed by atoms with Gasteiger partial charge in [0.15, 0.2) is 17.5 Å². The molecule has 2 unspecified atom stereocenters. The molecule has 1 heterocycles. The first-order chi connectivity index (χ1) is 9.52. The van der Waals surface area contributed by atoms with Crippen LogP contribution < -0.4 is 10.2 Å². The molecular formula is C15H21F3N2. The molecule has 1 fully saturated rings. The summed E-state index contributed by atoms with van der Waals surface area (Å²) < 4.78 is 39.6. The van der Waals surface area contributed by atoms with Gasteiger partial charge < -0.3 is 10.2 Å². The molecule has 1 aromatic rings. The van der Waals surface area contributed by atoms with E-state index < -0.39 is 17.5 Å². The Kier molecular flexibility index (Phi) is 4.91. The molecule has 0 aromatic heterocycles. The van der Waals surface area contributed by atoms with Crippen molar-refractivity contribution in [1.29, 1.82) is 0 Å². The van der Waals surface area contributed by atoms with Crippen LogP contribution in [0.1, 0.15) is 33.1 Å². The molecule has 1 N–H and O–H groups in total. The van der Waals surface area contributed by atoms with Crippen molar-refractivity contribution in [3.05, 3.63) is 29.6 Å². The van der Waals surface area contributed by atoms with Gasteiger partial charge in [-0.2, -0.15) is 0 Å². The van der Waals surface area contributed by atoms with E-state index in [-0.39, 0.29) is 6.04 Å². The van der Waals surface area contributed by atoms with E-state index in [1.165, 1.54) is 0 Å². The van der Waals surface area contributed by atoms with Crippen molar-refractivity contribution in [2.24, 2.45) is 0 Å². The Morgan fingerprint density at radius 3 is 2.45 bits per heavy atom. The maximum atomic E-state index is 13.3. The average molecular weight is 286 g/mol. The molecule has 1 aliphatic heterocycles. The van der Waals surface area contributed by atoms with Gasteiger partial charge in [0.2, 0.25) is 0 Å². The highest BCUT2D eigenvalue weighted by atomic mass is 19.2. The molecule has 1 aromatic carbocycles. The van der Waals surface area contributed by atoms with Crippen molar-refractivity contribution in [2.75, 3.05) is 18.0 Å². The van der Waals surface area contributed by atoms with Gasteiger partial charge in [-0.3, -0.25) is 0 Å². The van der Waals surface area contributed by atoms with Gasteiger partial charge in [0.1, 0.15) is 0 Å². The highest BCUT2D eigenvalue weighted by Crippen LogP contribution is 2.27. The van der Waals surface area contributed by atoms with Crippen LogP contribution in [-0.4, -0.2) is 25.2 Å². The maximum absolute atomic E-state index is 13.3. The van der Waals surface area contributed by atoms with E-state index in [2.05, 4.69) is 12.2 Å². The van der Waals surface area contributed by atoms with Crippen molar-refractivity contribution in [2.45, 2.75) is 45.2 Å². The predicted molar refractivity (Wildman–Crippen MR) is 74.4 cm³/mol. The average Bonchev–Trinajstić information content (AvgIpc) is 2.42. The van der Waals surface area contributed by atoms with Gasteiger partial charge in [-0.25, -0.2) is 13.2 Å². The molecule has 0 radical (unpaired) electrons. The number of rotatable bonds is 4. The molecule has 0 saturated carbocycles. The standard InChI is InChI=1S/C15H21F3N2/c1-3-5-19-11-4-6-20(10(2)7-11)12-8-13(16)15(18)14(17)9-12/h8-11,19H,3-7H2,1-2H3. The van der Waals surface area contributed by atoms with Crippen LogP contribution in [0.15, 0.2) is 12.1 Å². The molecule has 20 heavy (non-hydrogen) atoms. The first-order valence-electron chi connectivity index (χ1n) is 7.17. The Bertz CT molecular complexity index is 441. The minimum absolute atomic E-state index is 0.169. The number of hydrogen-bond donors (Lipinski definition) is 1. The number of hydrogen-bond acceptors (Lipinski definition) is 2. The van der Waals surface area contributed by atoms with Gasteiger partial charge in [0.25, 0.3) is 0 Å². The second kappa shape index (κ2) is 6.48. The SMILES string of the molecule is CCCNC1CCN(c2cc(F)c(F)c(F)c2)C(C)C1. The fourth-order valence-electron chi connectivity index (χ4n) is 2.80. The highest BCUT2D eigenvalue weighted by molar-refractivity contribution is 5.48. The summed E-state index contributed by atoms with van der Waals surface area (Å²) >= 11 is 0. The fourth-order valence-corrected chi connectivity index (χ4v) is 2.80. The van der Waals surface area contributed by atoms with Crippen LogP contribution in [0.4, 0.5) is 18.9 Å². The zero-order chi connectivity index (χ0) is 14.7. The van der Waals surface area contributed by atoms with Crippen LogP contribution >= 0.6 is 0 Å². The van der Waals surface area contributed by atoms with Crippen LogP contribution in [0.5, 0.6) is 0 Å². The van der Waals surface area contributed by atoms with Crippen molar-refractivity contribution in [1.82, 2.24) is 5.32 Å². The summed E-state index contributed by atoms with van der Waals surface area (Å²) in [6.45, 7) is 5.85. The van der Waals surface area contributed by atoms with E-state index in [0.29, 0.717) is 18.3 Å². The molecule has 1 saturated heterocycles. The lowest BCUT2D eigenvalue weighted by Gasteiger charge is -2.39. The molecule has 0 spiro atoms. The van der Waals surface area contributed by atoms with Gasteiger partial charge in [0.05, 0.1) is 0 Å². The zero-order valence-electron chi connectivity index (χ0n) is 11.9. The van der Waals surface area contributed by atoms with Crippen molar-refractivity contribution >= 4 is 5.69 Å². The molecule has 0 amide bonds. The molecule has 112 valence electrons. The van der Waals surface area contributed by atoms with E-state index in [9.17, 15) is 13.2 Å². The smallest absolute Gasteiger partial charge is 0.194 e. The first kappa shape index (κ1) is 15.2. The minimum Gasteiger partial charge on any atom is -0.369 e. The van der Waals surface area contributed by atoms with Gasteiger partial charge in [0, 0.05) is 36.4 Å². The van der Waals surface area contributed by atoms with E-state index >= 15 is 0 Å².